The van der Waals surface area contributed by atoms with Crippen molar-refractivity contribution in [1.29, 1.82) is 0 Å². The number of para-hydroxylation sites is 1. The van der Waals surface area contributed by atoms with Crippen molar-refractivity contribution in [1.82, 2.24) is 5.32 Å². The fourth-order valence-electron chi connectivity index (χ4n) is 2.39. The maximum absolute atomic E-state index is 6.18. The van der Waals surface area contributed by atoms with E-state index in [2.05, 4.69) is 30.4 Å². The first-order chi connectivity index (χ1) is 9.81. The maximum atomic E-state index is 6.18. The highest BCUT2D eigenvalue weighted by Gasteiger charge is 2.18. The molecule has 4 nitrogen and oxygen atoms in total. The minimum absolute atomic E-state index is 0.183. The Morgan fingerprint density at radius 2 is 2.30 bits per heavy atom. The summed E-state index contributed by atoms with van der Waals surface area (Å²) < 4.78 is 16.7. The van der Waals surface area contributed by atoms with Gasteiger partial charge in [0.05, 0.1) is 13.2 Å². The molecule has 1 heterocycles. The Balaban J connectivity index is 1.97. The monoisotopic (exact) mass is 279 g/mol. The average molecular weight is 279 g/mol. The lowest BCUT2D eigenvalue weighted by molar-refractivity contribution is 0.00672. The minimum Gasteiger partial charge on any atom is -0.487 e. The molecule has 1 aromatic rings. The van der Waals surface area contributed by atoms with Gasteiger partial charge in [-0.15, -0.1) is 0 Å². The lowest BCUT2D eigenvalue weighted by atomic mass is 10.1. The predicted octanol–water partition coefficient (Wildman–Crippen LogP) is 2.29. The summed E-state index contributed by atoms with van der Waals surface area (Å²) in [6.07, 6.45) is 2.34. The van der Waals surface area contributed by atoms with Crippen LogP contribution in [0.1, 0.15) is 24.0 Å². The Bertz CT molecular complexity index is 403. The second-order valence-electron chi connectivity index (χ2n) is 5.19. The van der Waals surface area contributed by atoms with E-state index >= 15 is 0 Å². The Morgan fingerprint density at radius 3 is 3.05 bits per heavy atom. The van der Waals surface area contributed by atoms with Crippen molar-refractivity contribution in [2.24, 2.45) is 0 Å². The van der Waals surface area contributed by atoms with E-state index < -0.39 is 0 Å². The van der Waals surface area contributed by atoms with E-state index in [-0.39, 0.29) is 6.10 Å². The van der Waals surface area contributed by atoms with Gasteiger partial charge in [-0.2, -0.15) is 0 Å². The second kappa shape index (κ2) is 8.25. The van der Waals surface area contributed by atoms with Crippen molar-refractivity contribution in [3.63, 3.8) is 0 Å². The molecular formula is C16H25NO3. The number of rotatable bonds is 7. The zero-order chi connectivity index (χ0) is 14.2. The van der Waals surface area contributed by atoms with Gasteiger partial charge < -0.3 is 19.5 Å². The highest BCUT2D eigenvalue weighted by Crippen LogP contribution is 2.26. The van der Waals surface area contributed by atoms with Crippen molar-refractivity contribution in [3.05, 3.63) is 29.3 Å². The normalized spacial score (nSPS) is 19.0. The highest BCUT2D eigenvalue weighted by molar-refractivity contribution is 5.40. The molecule has 4 heteroatoms. The maximum Gasteiger partial charge on any atom is 0.127 e. The van der Waals surface area contributed by atoms with Crippen LogP contribution in [0.25, 0.3) is 0 Å². The number of benzene rings is 1. The molecule has 0 radical (unpaired) electrons. The number of hydrogen-bond acceptors (Lipinski definition) is 4. The molecule has 0 saturated carbocycles. The number of aryl methyl sites for hydroxylation is 1. The van der Waals surface area contributed by atoms with Crippen molar-refractivity contribution in [2.75, 3.05) is 33.5 Å². The number of nitrogens with one attached hydrogen (secondary N) is 1. The third-order valence-corrected chi connectivity index (χ3v) is 3.49. The SMILES string of the molecule is COCCNCc1cccc(C)c1OC1CCCOC1. The summed E-state index contributed by atoms with van der Waals surface area (Å²) in [7, 11) is 1.71. The lowest BCUT2D eigenvalue weighted by Crippen LogP contribution is -2.29. The van der Waals surface area contributed by atoms with E-state index in [1.165, 1.54) is 11.1 Å². The third kappa shape index (κ3) is 4.47. The van der Waals surface area contributed by atoms with E-state index in [0.29, 0.717) is 6.61 Å². The summed E-state index contributed by atoms with van der Waals surface area (Å²) in [6, 6.07) is 6.29. The van der Waals surface area contributed by atoms with E-state index in [1.54, 1.807) is 7.11 Å². The van der Waals surface area contributed by atoms with Crippen molar-refractivity contribution in [2.45, 2.75) is 32.4 Å². The first-order valence-corrected chi connectivity index (χ1v) is 7.34. The van der Waals surface area contributed by atoms with Crippen LogP contribution in [0, 0.1) is 6.92 Å². The summed E-state index contributed by atoms with van der Waals surface area (Å²) in [5, 5.41) is 3.37. The number of ether oxygens (including phenoxy) is 3. The fourth-order valence-corrected chi connectivity index (χ4v) is 2.39. The number of methoxy groups -OCH3 is 1. The molecule has 1 atom stereocenters. The van der Waals surface area contributed by atoms with Crippen LogP contribution >= 0.6 is 0 Å². The molecule has 0 spiro atoms. The predicted molar refractivity (Wildman–Crippen MR) is 79.2 cm³/mol. The summed E-state index contributed by atoms with van der Waals surface area (Å²) in [6.45, 7) is 6.02. The summed E-state index contributed by atoms with van der Waals surface area (Å²) in [4.78, 5) is 0. The molecule has 1 unspecified atom stereocenters. The van der Waals surface area contributed by atoms with Crippen LogP contribution in [0.3, 0.4) is 0 Å². The van der Waals surface area contributed by atoms with Crippen molar-refractivity contribution < 1.29 is 14.2 Å². The molecule has 1 aliphatic rings. The summed E-state index contributed by atoms with van der Waals surface area (Å²) in [5.74, 6) is 1.01. The third-order valence-electron chi connectivity index (χ3n) is 3.49. The van der Waals surface area contributed by atoms with Gasteiger partial charge in [0.15, 0.2) is 0 Å². The van der Waals surface area contributed by atoms with Crippen LogP contribution in [0.5, 0.6) is 5.75 Å². The second-order valence-corrected chi connectivity index (χ2v) is 5.19. The van der Waals surface area contributed by atoms with Gasteiger partial charge in [-0.3, -0.25) is 0 Å². The first kappa shape index (κ1) is 15.3. The molecular weight excluding hydrogens is 254 g/mol. The molecule has 112 valence electrons. The highest BCUT2D eigenvalue weighted by atomic mass is 16.5. The standard InChI is InChI=1S/C16H25NO3/c1-13-5-3-6-14(11-17-8-10-18-2)16(13)20-15-7-4-9-19-12-15/h3,5-6,15,17H,4,7-12H2,1-2H3. The van der Waals surface area contributed by atoms with Crippen molar-refractivity contribution in [3.8, 4) is 5.75 Å². The van der Waals surface area contributed by atoms with E-state index in [0.717, 1.165) is 44.9 Å². The molecule has 2 rings (SSSR count). The Morgan fingerprint density at radius 1 is 1.40 bits per heavy atom. The molecule has 20 heavy (non-hydrogen) atoms. The van der Waals surface area contributed by atoms with E-state index in [4.69, 9.17) is 14.2 Å². The van der Waals surface area contributed by atoms with E-state index in [9.17, 15) is 0 Å². The van der Waals surface area contributed by atoms with Crippen LogP contribution in [0.15, 0.2) is 18.2 Å². The van der Waals surface area contributed by atoms with Gasteiger partial charge in [-0.05, 0) is 25.3 Å². The molecule has 0 aliphatic carbocycles. The van der Waals surface area contributed by atoms with Gasteiger partial charge in [-0.25, -0.2) is 0 Å². The van der Waals surface area contributed by atoms with Crippen LogP contribution in [-0.4, -0.2) is 39.6 Å². The van der Waals surface area contributed by atoms with Gasteiger partial charge in [0.25, 0.3) is 0 Å². The van der Waals surface area contributed by atoms with Gasteiger partial charge in [0.2, 0.25) is 0 Å². The molecule has 1 fully saturated rings. The quantitative estimate of drug-likeness (QED) is 0.777. The minimum atomic E-state index is 0.183. The smallest absolute Gasteiger partial charge is 0.127 e. The molecule has 1 N–H and O–H groups in total. The molecule has 1 aromatic carbocycles. The molecule has 0 amide bonds. The zero-order valence-electron chi connectivity index (χ0n) is 12.5. The lowest BCUT2D eigenvalue weighted by Gasteiger charge is -2.25. The largest absolute Gasteiger partial charge is 0.487 e. The van der Waals surface area contributed by atoms with Gasteiger partial charge >= 0.3 is 0 Å². The van der Waals surface area contributed by atoms with Gasteiger partial charge in [0.1, 0.15) is 11.9 Å². The van der Waals surface area contributed by atoms with Gasteiger partial charge in [-0.1, -0.05) is 18.2 Å². The summed E-state index contributed by atoms with van der Waals surface area (Å²) in [5.41, 5.74) is 2.38. The number of hydrogen-bond donors (Lipinski definition) is 1. The van der Waals surface area contributed by atoms with Crippen LogP contribution in [0.2, 0.25) is 0 Å². The molecule has 1 saturated heterocycles. The molecule has 1 aliphatic heterocycles. The van der Waals surface area contributed by atoms with Crippen LogP contribution in [0.4, 0.5) is 0 Å². The Hall–Kier alpha value is -1.10. The molecule has 0 bridgehead atoms. The van der Waals surface area contributed by atoms with Crippen LogP contribution in [-0.2, 0) is 16.0 Å². The summed E-state index contributed by atoms with van der Waals surface area (Å²) >= 11 is 0. The topological polar surface area (TPSA) is 39.7 Å². The Labute approximate surface area is 121 Å². The van der Waals surface area contributed by atoms with Gasteiger partial charge in [0, 0.05) is 32.4 Å². The van der Waals surface area contributed by atoms with Crippen LogP contribution < -0.4 is 10.1 Å². The molecule has 0 aromatic heterocycles. The fraction of sp³-hybridized carbons (Fsp3) is 0.625. The zero-order valence-corrected chi connectivity index (χ0v) is 12.5. The van der Waals surface area contributed by atoms with Crippen molar-refractivity contribution >= 4 is 0 Å². The first-order valence-electron chi connectivity index (χ1n) is 7.34. The Kier molecular flexibility index (Phi) is 6.30. The van der Waals surface area contributed by atoms with E-state index in [1.807, 2.05) is 0 Å². The average Bonchev–Trinajstić information content (AvgIpc) is 2.48.